The number of nitrogens with one attached hydrogen (secondary N) is 1. The van der Waals surface area contributed by atoms with Crippen LogP contribution in [0.1, 0.15) is 37.8 Å². The zero-order valence-corrected chi connectivity index (χ0v) is 11.9. The topological polar surface area (TPSA) is 21.3 Å². The average Bonchev–Trinajstić information content (AvgIpc) is 2.33. The molecular formula is C15H22ClNO. The van der Waals surface area contributed by atoms with Gasteiger partial charge in [0.15, 0.2) is 0 Å². The van der Waals surface area contributed by atoms with Gasteiger partial charge in [-0.2, -0.15) is 0 Å². The molecule has 0 radical (unpaired) electrons. The minimum Gasteiger partial charge on any atom is -0.378 e. The van der Waals surface area contributed by atoms with Gasteiger partial charge in [-0.15, -0.1) is 0 Å². The average molecular weight is 268 g/mol. The Hall–Kier alpha value is -0.570. The van der Waals surface area contributed by atoms with Crippen molar-refractivity contribution in [3.05, 3.63) is 34.9 Å². The molecule has 0 bridgehead atoms. The first-order valence-corrected chi connectivity index (χ1v) is 7.15. The van der Waals surface area contributed by atoms with Crippen LogP contribution in [0.15, 0.2) is 24.3 Å². The first-order chi connectivity index (χ1) is 8.74. The Bertz CT molecular complexity index is 377. The van der Waals surface area contributed by atoms with Gasteiger partial charge < -0.3 is 10.1 Å². The van der Waals surface area contributed by atoms with Crippen LogP contribution in [0, 0.1) is 5.92 Å². The van der Waals surface area contributed by atoms with Crippen LogP contribution in [0.25, 0.3) is 0 Å². The Morgan fingerprint density at radius 2 is 2.11 bits per heavy atom. The van der Waals surface area contributed by atoms with Crippen molar-refractivity contribution in [2.45, 2.75) is 38.3 Å². The van der Waals surface area contributed by atoms with Gasteiger partial charge >= 0.3 is 0 Å². The van der Waals surface area contributed by atoms with Crippen LogP contribution >= 0.6 is 11.6 Å². The van der Waals surface area contributed by atoms with Gasteiger partial charge in [-0.1, -0.05) is 29.8 Å². The Labute approximate surface area is 115 Å². The first-order valence-electron chi connectivity index (χ1n) is 6.77. The van der Waals surface area contributed by atoms with Crippen molar-refractivity contribution in [2.75, 3.05) is 13.7 Å². The van der Waals surface area contributed by atoms with E-state index < -0.39 is 0 Å². The lowest BCUT2D eigenvalue weighted by atomic mass is 9.77. The summed E-state index contributed by atoms with van der Waals surface area (Å²) in [4.78, 5) is 0. The lowest BCUT2D eigenvalue weighted by molar-refractivity contribution is -0.0289. The van der Waals surface area contributed by atoms with E-state index in [0.29, 0.717) is 12.1 Å². The summed E-state index contributed by atoms with van der Waals surface area (Å²) in [7, 11) is 2.01. The smallest absolute Gasteiger partial charge is 0.0580 e. The molecule has 0 amide bonds. The summed E-state index contributed by atoms with van der Waals surface area (Å²) in [6.45, 7) is 2.89. The van der Waals surface area contributed by atoms with Gasteiger partial charge in [0.1, 0.15) is 0 Å². The second kappa shape index (κ2) is 6.55. The van der Waals surface area contributed by atoms with Crippen LogP contribution in [0.4, 0.5) is 0 Å². The van der Waals surface area contributed by atoms with Crippen molar-refractivity contribution in [3.8, 4) is 0 Å². The molecule has 1 atom stereocenters. The zero-order chi connectivity index (χ0) is 13.0. The van der Waals surface area contributed by atoms with Crippen LogP contribution in [-0.2, 0) is 4.74 Å². The largest absolute Gasteiger partial charge is 0.378 e. The number of benzene rings is 1. The highest BCUT2D eigenvalue weighted by atomic mass is 35.5. The number of halogens is 1. The van der Waals surface area contributed by atoms with Gasteiger partial charge in [-0.25, -0.2) is 0 Å². The SMILES string of the molecule is CCOC1CC(CC(NC)c2ccccc2Cl)C1. The van der Waals surface area contributed by atoms with Gasteiger partial charge in [0, 0.05) is 17.7 Å². The summed E-state index contributed by atoms with van der Waals surface area (Å²) in [5, 5.41) is 4.24. The number of rotatable bonds is 6. The molecule has 0 saturated heterocycles. The Balaban J connectivity index is 1.89. The normalized spacial score (nSPS) is 24.6. The Morgan fingerprint density at radius 1 is 1.39 bits per heavy atom. The Morgan fingerprint density at radius 3 is 2.72 bits per heavy atom. The van der Waals surface area contributed by atoms with E-state index in [-0.39, 0.29) is 0 Å². The van der Waals surface area contributed by atoms with Gasteiger partial charge in [0.25, 0.3) is 0 Å². The molecule has 0 aromatic heterocycles. The standard InChI is InChI=1S/C15H22ClNO/c1-3-18-12-8-11(9-12)10-15(17-2)13-6-4-5-7-14(13)16/h4-7,11-12,15,17H,3,8-10H2,1-2H3. The lowest BCUT2D eigenvalue weighted by Crippen LogP contribution is -2.34. The van der Waals surface area contributed by atoms with Crippen LogP contribution in [0.2, 0.25) is 5.02 Å². The summed E-state index contributed by atoms with van der Waals surface area (Å²) >= 11 is 6.26. The molecular weight excluding hydrogens is 246 g/mol. The number of hydrogen-bond donors (Lipinski definition) is 1. The zero-order valence-electron chi connectivity index (χ0n) is 11.2. The van der Waals surface area contributed by atoms with Crippen molar-refractivity contribution < 1.29 is 4.74 Å². The Kier molecular flexibility index (Phi) is 5.04. The highest BCUT2D eigenvalue weighted by Crippen LogP contribution is 2.38. The molecule has 3 heteroatoms. The van der Waals surface area contributed by atoms with Gasteiger partial charge in [-0.3, -0.25) is 0 Å². The van der Waals surface area contributed by atoms with Crippen LogP contribution in [-0.4, -0.2) is 19.8 Å². The van der Waals surface area contributed by atoms with Crippen molar-refractivity contribution in [1.82, 2.24) is 5.32 Å². The molecule has 1 unspecified atom stereocenters. The summed E-state index contributed by atoms with van der Waals surface area (Å²) in [6, 6.07) is 8.46. The van der Waals surface area contributed by atoms with E-state index in [1.165, 1.54) is 18.4 Å². The van der Waals surface area contributed by atoms with Crippen LogP contribution < -0.4 is 5.32 Å². The van der Waals surface area contributed by atoms with E-state index in [1.54, 1.807) is 0 Å². The molecule has 2 rings (SSSR count). The van der Waals surface area contributed by atoms with E-state index in [2.05, 4.69) is 24.4 Å². The minimum atomic E-state index is 0.353. The van der Waals surface area contributed by atoms with Gasteiger partial charge in [0.2, 0.25) is 0 Å². The molecule has 1 aliphatic rings. The predicted molar refractivity (Wildman–Crippen MR) is 76.0 cm³/mol. The van der Waals surface area contributed by atoms with Gasteiger partial charge in [-0.05, 0) is 50.8 Å². The summed E-state index contributed by atoms with van der Waals surface area (Å²) < 4.78 is 5.61. The van der Waals surface area contributed by atoms with E-state index in [0.717, 1.165) is 24.0 Å². The van der Waals surface area contributed by atoms with E-state index >= 15 is 0 Å². The maximum absolute atomic E-state index is 6.26. The first kappa shape index (κ1) is 13.9. The molecule has 1 aromatic rings. The third kappa shape index (κ3) is 3.25. The predicted octanol–water partition coefficient (Wildman–Crippen LogP) is 3.81. The third-order valence-corrected chi connectivity index (χ3v) is 4.14. The molecule has 0 heterocycles. The van der Waals surface area contributed by atoms with Gasteiger partial charge in [0.05, 0.1) is 6.10 Å². The van der Waals surface area contributed by atoms with Crippen LogP contribution in [0.3, 0.4) is 0 Å². The second-order valence-corrected chi connectivity index (χ2v) is 5.42. The lowest BCUT2D eigenvalue weighted by Gasteiger charge is -2.37. The van der Waals surface area contributed by atoms with E-state index in [1.807, 2.05) is 19.2 Å². The van der Waals surface area contributed by atoms with Crippen molar-refractivity contribution >= 4 is 11.6 Å². The molecule has 1 aromatic carbocycles. The maximum Gasteiger partial charge on any atom is 0.0580 e. The van der Waals surface area contributed by atoms with E-state index in [9.17, 15) is 0 Å². The fourth-order valence-corrected chi connectivity index (χ4v) is 3.00. The molecule has 1 aliphatic carbocycles. The molecule has 0 spiro atoms. The highest BCUT2D eigenvalue weighted by Gasteiger charge is 2.31. The number of hydrogen-bond acceptors (Lipinski definition) is 2. The van der Waals surface area contributed by atoms with Crippen LogP contribution in [0.5, 0.6) is 0 Å². The molecule has 100 valence electrons. The second-order valence-electron chi connectivity index (χ2n) is 5.01. The van der Waals surface area contributed by atoms with Crippen molar-refractivity contribution in [3.63, 3.8) is 0 Å². The highest BCUT2D eigenvalue weighted by molar-refractivity contribution is 6.31. The van der Waals surface area contributed by atoms with Crippen molar-refractivity contribution in [1.29, 1.82) is 0 Å². The fraction of sp³-hybridized carbons (Fsp3) is 0.600. The summed E-state index contributed by atoms with van der Waals surface area (Å²) in [6.07, 6.45) is 4.01. The summed E-state index contributed by atoms with van der Waals surface area (Å²) in [5.41, 5.74) is 1.21. The maximum atomic E-state index is 6.26. The molecule has 18 heavy (non-hydrogen) atoms. The monoisotopic (exact) mass is 267 g/mol. The fourth-order valence-electron chi connectivity index (χ4n) is 2.73. The molecule has 0 aliphatic heterocycles. The summed E-state index contributed by atoms with van der Waals surface area (Å²) in [5.74, 6) is 0.760. The number of ether oxygens (including phenoxy) is 1. The third-order valence-electron chi connectivity index (χ3n) is 3.79. The van der Waals surface area contributed by atoms with E-state index in [4.69, 9.17) is 16.3 Å². The molecule has 2 nitrogen and oxygen atoms in total. The molecule has 1 N–H and O–H groups in total. The molecule has 1 fully saturated rings. The minimum absolute atomic E-state index is 0.353. The quantitative estimate of drug-likeness (QED) is 0.846. The van der Waals surface area contributed by atoms with Crippen molar-refractivity contribution in [2.24, 2.45) is 5.92 Å². The molecule has 1 saturated carbocycles.